The summed E-state index contributed by atoms with van der Waals surface area (Å²) in [5, 5.41) is 13.9. The van der Waals surface area contributed by atoms with Crippen molar-refractivity contribution in [3.05, 3.63) is 44.1 Å². The van der Waals surface area contributed by atoms with Crippen LogP contribution in [0.1, 0.15) is 16.7 Å². The molecule has 0 aliphatic carbocycles. The van der Waals surface area contributed by atoms with Crippen LogP contribution in [-0.4, -0.2) is 15.9 Å². The number of nitrogens with zero attached hydrogens (tertiary/aromatic N) is 2. The first-order valence-corrected chi connectivity index (χ1v) is 7.00. The lowest BCUT2D eigenvalue weighted by Crippen LogP contribution is -2.18. The van der Waals surface area contributed by atoms with Crippen molar-refractivity contribution in [1.82, 2.24) is 4.98 Å². The lowest BCUT2D eigenvalue weighted by molar-refractivity contribution is -0.384. The van der Waals surface area contributed by atoms with Crippen molar-refractivity contribution in [2.24, 2.45) is 0 Å². The third kappa shape index (κ3) is 3.45. The maximum atomic E-state index is 10.7. The Labute approximate surface area is 120 Å². The Balaban J connectivity index is 2.02. The molecule has 0 spiro atoms. The number of hydrogen-bond acceptors (Lipinski definition) is 6. The summed E-state index contributed by atoms with van der Waals surface area (Å²) in [4.78, 5) is 16.7. The Morgan fingerprint density at radius 1 is 1.45 bits per heavy atom. The number of nitrogens with two attached hydrogens (primary N) is 1. The van der Waals surface area contributed by atoms with Gasteiger partial charge in [-0.2, -0.15) is 0 Å². The van der Waals surface area contributed by atoms with Gasteiger partial charge in [0.25, 0.3) is 0 Å². The first-order chi connectivity index (χ1) is 9.45. The third-order valence-corrected chi connectivity index (χ3v) is 3.82. The van der Waals surface area contributed by atoms with Crippen LogP contribution in [0.25, 0.3) is 0 Å². The quantitative estimate of drug-likeness (QED) is 0.652. The van der Waals surface area contributed by atoms with Crippen molar-refractivity contribution < 1.29 is 4.92 Å². The fourth-order valence-corrected chi connectivity index (χ4v) is 2.92. The normalized spacial score (nSPS) is 12.1. The summed E-state index contributed by atoms with van der Waals surface area (Å²) < 4.78 is 0. The van der Waals surface area contributed by atoms with E-state index >= 15 is 0 Å². The van der Waals surface area contributed by atoms with Crippen molar-refractivity contribution >= 4 is 28.7 Å². The van der Waals surface area contributed by atoms with Crippen molar-refractivity contribution in [2.45, 2.75) is 26.3 Å². The Bertz CT molecular complexity index is 627. The molecule has 6 nitrogen and oxygen atoms in total. The van der Waals surface area contributed by atoms with Crippen molar-refractivity contribution in [3.8, 4) is 0 Å². The fraction of sp³-hybridized carbons (Fsp3) is 0.308. The second-order valence-corrected chi connectivity index (χ2v) is 5.99. The molecule has 2 aromatic heterocycles. The molecule has 2 aromatic rings. The second kappa shape index (κ2) is 5.87. The van der Waals surface area contributed by atoms with Crippen molar-refractivity contribution in [2.75, 3.05) is 11.1 Å². The molecule has 0 aromatic carbocycles. The number of nitro groups is 1. The van der Waals surface area contributed by atoms with Gasteiger partial charge in [0.15, 0.2) is 0 Å². The highest BCUT2D eigenvalue weighted by Gasteiger charge is 2.14. The van der Waals surface area contributed by atoms with Gasteiger partial charge in [-0.15, -0.1) is 11.3 Å². The van der Waals surface area contributed by atoms with E-state index < -0.39 is 4.92 Å². The fourth-order valence-electron chi connectivity index (χ4n) is 1.90. The molecule has 0 bridgehead atoms. The molecule has 0 saturated heterocycles. The van der Waals surface area contributed by atoms with Gasteiger partial charge >= 0.3 is 5.69 Å². The first kappa shape index (κ1) is 14.3. The number of thiophene rings is 1. The van der Waals surface area contributed by atoms with E-state index in [1.165, 1.54) is 15.8 Å². The summed E-state index contributed by atoms with van der Waals surface area (Å²) in [5.41, 5.74) is 5.39. The van der Waals surface area contributed by atoms with Crippen molar-refractivity contribution in [1.29, 1.82) is 0 Å². The predicted molar refractivity (Wildman–Crippen MR) is 81.1 cm³/mol. The minimum absolute atomic E-state index is 0.0702. The summed E-state index contributed by atoms with van der Waals surface area (Å²) in [7, 11) is 0. The van der Waals surface area contributed by atoms with E-state index in [1.54, 1.807) is 17.4 Å². The van der Waals surface area contributed by atoms with Gasteiger partial charge in [0.2, 0.25) is 5.82 Å². The SMILES string of the molecule is Cc1ccc(CC(C)Nc2ccc([N+](=O)[O-])c(N)n2)s1. The summed E-state index contributed by atoms with van der Waals surface area (Å²) in [6.45, 7) is 4.11. The first-order valence-electron chi connectivity index (χ1n) is 6.18. The van der Waals surface area contributed by atoms with Crippen LogP contribution >= 0.6 is 11.3 Å². The number of aryl methyl sites for hydroxylation is 1. The molecule has 7 heteroatoms. The Kier molecular flexibility index (Phi) is 4.19. The summed E-state index contributed by atoms with van der Waals surface area (Å²) in [6.07, 6.45) is 0.872. The molecule has 1 atom stereocenters. The smallest absolute Gasteiger partial charge is 0.311 e. The van der Waals surface area contributed by atoms with Crippen LogP contribution in [0.5, 0.6) is 0 Å². The van der Waals surface area contributed by atoms with Gasteiger partial charge in [0.1, 0.15) is 5.82 Å². The zero-order valence-electron chi connectivity index (χ0n) is 11.3. The van der Waals surface area contributed by atoms with E-state index in [1.807, 2.05) is 6.92 Å². The molecule has 1 unspecified atom stereocenters. The van der Waals surface area contributed by atoms with Gasteiger partial charge < -0.3 is 11.1 Å². The molecule has 0 aliphatic heterocycles. The molecule has 20 heavy (non-hydrogen) atoms. The molecule has 3 N–H and O–H groups in total. The summed E-state index contributed by atoms with van der Waals surface area (Å²) in [6, 6.07) is 7.31. The molecule has 0 saturated carbocycles. The number of nitrogens with one attached hydrogen (secondary N) is 1. The maximum Gasteiger partial charge on any atom is 0.311 e. The Morgan fingerprint density at radius 2 is 2.20 bits per heavy atom. The molecule has 2 heterocycles. The van der Waals surface area contributed by atoms with E-state index in [2.05, 4.69) is 29.4 Å². The molecular formula is C13H16N4O2S. The van der Waals surface area contributed by atoms with Crippen LogP contribution in [0.4, 0.5) is 17.3 Å². The largest absolute Gasteiger partial charge is 0.378 e. The number of rotatable bonds is 5. The standard InChI is InChI=1S/C13H16N4O2S/c1-8(7-10-4-3-9(2)20-10)15-12-6-5-11(17(18)19)13(14)16-12/h3-6,8H,7H2,1-2H3,(H3,14,15,16). The topological polar surface area (TPSA) is 94.1 Å². The van der Waals surface area contributed by atoms with Gasteiger partial charge in [0.05, 0.1) is 4.92 Å². The van der Waals surface area contributed by atoms with E-state index in [0.717, 1.165) is 6.42 Å². The zero-order chi connectivity index (χ0) is 14.7. The highest BCUT2D eigenvalue weighted by molar-refractivity contribution is 7.11. The van der Waals surface area contributed by atoms with Gasteiger partial charge in [-0.05, 0) is 32.0 Å². The van der Waals surface area contributed by atoms with Crippen LogP contribution in [0, 0.1) is 17.0 Å². The number of hydrogen-bond donors (Lipinski definition) is 2. The number of pyridine rings is 1. The van der Waals surface area contributed by atoms with E-state index in [0.29, 0.717) is 5.82 Å². The van der Waals surface area contributed by atoms with Gasteiger partial charge in [0, 0.05) is 28.3 Å². The zero-order valence-corrected chi connectivity index (χ0v) is 12.1. The predicted octanol–water partition coefficient (Wildman–Crippen LogP) is 2.99. The van der Waals surface area contributed by atoms with E-state index in [4.69, 9.17) is 5.73 Å². The molecule has 0 aliphatic rings. The summed E-state index contributed by atoms with van der Waals surface area (Å²) >= 11 is 1.76. The highest BCUT2D eigenvalue weighted by Crippen LogP contribution is 2.22. The second-order valence-electron chi connectivity index (χ2n) is 4.62. The Morgan fingerprint density at radius 3 is 2.75 bits per heavy atom. The van der Waals surface area contributed by atoms with Crippen LogP contribution in [0.3, 0.4) is 0 Å². The molecular weight excluding hydrogens is 276 g/mol. The minimum atomic E-state index is -0.538. The maximum absolute atomic E-state index is 10.7. The van der Waals surface area contributed by atoms with E-state index in [9.17, 15) is 10.1 Å². The van der Waals surface area contributed by atoms with Crippen LogP contribution < -0.4 is 11.1 Å². The van der Waals surface area contributed by atoms with Gasteiger partial charge in [-0.25, -0.2) is 4.98 Å². The molecule has 2 rings (SSSR count). The molecule has 0 radical (unpaired) electrons. The molecule has 0 fully saturated rings. The van der Waals surface area contributed by atoms with Gasteiger partial charge in [-0.1, -0.05) is 0 Å². The third-order valence-electron chi connectivity index (χ3n) is 2.80. The Hall–Kier alpha value is -2.15. The minimum Gasteiger partial charge on any atom is -0.378 e. The monoisotopic (exact) mass is 292 g/mol. The highest BCUT2D eigenvalue weighted by atomic mass is 32.1. The molecule has 106 valence electrons. The van der Waals surface area contributed by atoms with Crippen molar-refractivity contribution in [3.63, 3.8) is 0 Å². The van der Waals surface area contributed by atoms with Crippen LogP contribution in [0.15, 0.2) is 24.3 Å². The summed E-state index contributed by atoms with van der Waals surface area (Å²) in [5.74, 6) is 0.480. The molecule has 0 amide bonds. The average Bonchev–Trinajstić information content (AvgIpc) is 2.74. The lowest BCUT2D eigenvalue weighted by atomic mass is 10.2. The number of aromatic nitrogens is 1. The lowest BCUT2D eigenvalue weighted by Gasteiger charge is -2.13. The van der Waals surface area contributed by atoms with E-state index in [-0.39, 0.29) is 17.5 Å². The van der Waals surface area contributed by atoms with Crippen LogP contribution in [0.2, 0.25) is 0 Å². The van der Waals surface area contributed by atoms with Crippen LogP contribution in [-0.2, 0) is 6.42 Å². The van der Waals surface area contributed by atoms with Gasteiger partial charge in [-0.3, -0.25) is 10.1 Å². The average molecular weight is 292 g/mol. The number of anilines is 2. The number of nitrogen functional groups attached to an aromatic ring is 1.